The number of ketones is 1. The molecular formula is C26H22Br2N2O7S2. The van der Waals surface area contributed by atoms with Crippen molar-refractivity contribution >= 4 is 80.0 Å². The molecule has 3 aromatic carbocycles. The molecule has 0 fully saturated rings. The first-order valence-corrected chi connectivity index (χ1v) is 16.6. The minimum absolute atomic E-state index is 0.0299. The molecule has 39 heavy (non-hydrogen) atoms. The van der Waals surface area contributed by atoms with Gasteiger partial charge < -0.3 is 9.52 Å². The zero-order valence-corrected chi connectivity index (χ0v) is 25.5. The number of sulfonamides is 2. The smallest absolute Gasteiger partial charge is 0.262 e. The fourth-order valence-electron chi connectivity index (χ4n) is 4.63. The summed E-state index contributed by atoms with van der Waals surface area (Å²) in [7, 11) is -7.45. The summed E-state index contributed by atoms with van der Waals surface area (Å²) in [5.74, 6) is 0.0478. The number of nitrogens with zero attached hydrogens (tertiary/aromatic N) is 1. The van der Waals surface area contributed by atoms with Gasteiger partial charge in [-0.05, 0) is 86.3 Å². The topological polar surface area (TPSA) is 134 Å². The Labute approximate surface area is 242 Å². The highest BCUT2D eigenvalue weighted by atomic mass is 79.9. The van der Waals surface area contributed by atoms with Gasteiger partial charge in [0.05, 0.1) is 31.3 Å². The third-order valence-electron chi connectivity index (χ3n) is 6.46. The molecule has 0 aliphatic carbocycles. The Kier molecular flexibility index (Phi) is 7.06. The quantitative estimate of drug-likeness (QED) is 0.241. The summed E-state index contributed by atoms with van der Waals surface area (Å²) in [6.45, 7) is 2.13. The van der Waals surface area contributed by atoms with Gasteiger partial charge in [-0.2, -0.15) is 0 Å². The number of halogens is 2. The van der Waals surface area contributed by atoms with E-state index in [1.54, 1.807) is 12.1 Å². The number of anilines is 2. The first kappa shape index (κ1) is 27.7. The highest BCUT2D eigenvalue weighted by Gasteiger charge is 2.28. The number of aromatic hydroxyl groups is 1. The van der Waals surface area contributed by atoms with Crippen LogP contribution in [0.4, 0.5) is 11.4 Å². The average Bonchev–Trinajstić information content (AvgIpc) is 3.46. The molecule has 13 heteroatoms. The summed E-state index contributed by atoms with van der Waals surface area (Å²) in [6, 6.07) is 12.1. The van der Waals surface area contributed by atoms with Crippen LogP contribution in [0.3, 0.4) is 0 Å². The highest BCUT2D eigenvalue weighted by Crippen LogP contribution is 2.37. The van der Waals surface area contributed by atoms with Gasteiger partial charge in [0.2, 0.25) is 10.0 Å². The van der Waals surface area contributed by atoms with Crippen LogP contribution in [0.2, 0.25) is 0 Å². The molecule has 2 N–H and O–H groups in total. The molecule has 204 valence electrons. The van der Waals surface area contributed by atoms with Crippen LogP contribution in [0.15, 0.2) is 66.8 Å². The van der Waals surface area contributed by atoms with E-state index in [9.17, 15) is 26.7 Å². The van der Waals surface area contributed by atoms with Crippen LogP contribution < -0.4 is 9.03 Å². The molecule has 1 aliphatic rings. The number of benzene rings is 3. The van der Waals surface area contributed by atoms with Crippen molar-refractivity contribution in [2.24, 2.45) is 0 Å². The molecular weight excluding hydrogens is 676 g/mol. The van der Waals surface area contributed by atoms with Crippen LogP contribution in [0.1, 0.15) is 34.2 Å². The van der Waals surface area contributed by atoms with E-state index >= 15 is 0 Å². The molecule has 0 spiro atoms. The molecule has 1 aromatic heterocycles. The second-order valence-electron chi connectivity index (χ2n) is 9.06. The van der Waals surface area contributed by atoms with E-state index in [1.807, 2.05) is 6.92 Å². The molecule has 0 amide bonds. The molecule has 0 radical (unpaired) electrons. The van der Waals surface area contributed by atoms with E-state index in [-0.39, 0.29) is 22.0 Å². The SMILES string of the molecule is CCc1oc2cc(S(=O)(=O)Nc3ccc4c(c3)CCN4S(C)(=O)=O)ccc2c1C(=O)c1cc(Br)c(O)c(Br)c1. The first-order valence-electron chi connectivity index (χ1n) is 11.7. The summed E-state index contributed by atoms with van der Waals surface area (Å²) in [5, 5.41) is 10.5. The van der Waals surface area contributed by atoms with Crippen molar-refractivity contribution in [1.82, 2.24) is 0 Å². The van der Waals surface area contributed by atoms with Gasteiger partial charge in [-0.3, -0.25) is 13.8 Å². The maximum atomic E-state index is 13.5. The molecule has 5 rings (SSSR count). The zero-order chi connectivity index (χ0) is 28.3. The standard InChI is InChI=1S/C26H22Br2N2O7S2/c1-3-22-24(25(31)15-11-19(27)26(32)20(28)12-15)18-6-5-17(13-23(18)37-22)39(35,36)29-16-4-7-21-14(10-16)8-9-30(21)38(2,33)34/h4-7,10-13,29,32H,3,8-9H2,1-2H3. The van der Waals surface area contributed by atoms with Gasteiger partial charge in [0.25, 0.3) is 10.0 Å². The number of furan rings is 1. The Bertz CT molecular complexity index is 1860. The number of carbonyl (C=O) groups is 1. The third kappa shape index (κ3) is 5.08. The van der Waals surface area contributed by atoms with Crippen LogP contribution in [0.25, 0.3) is 11.0 Å². The molecule has 0 unspecified atom stereocenters. The lowest BCUT2D eigenvalue weighted by Crippen LogP contribution is -2.27. The minimum Gasteiger partial charge on any atom is -0.506 e. The molecule has 1 aliphatic heterocycles. The maximum absolute atomic E-state index is 13.5. The number of nitrogens with one attached hydrogen (secondary N) is 1. The minimum atomic E-state index is -4.03. The molecule has 2 heterocycles. The van der Waals surface area contributed by atoms with E-state index in [0.717, 1.165) is 11.8 Å². The Morgan fingerprint density at radius 2 is 1.74 bits per heavy atom. The van der Waals surface area contributed by atoms with Gasteiger partial charge in [-0.15, -0.1) is 0 Å². The van der Waals surface area contributed by atoms with Crippen LogP contribution in [0.5, 0.6) is 5.75 Å². The summed E-state index contributed by atoms with van der Waals surface area (Å²) in [4.78, 5) is 13.4. The van der Waals surface area contributed by atoms with E-state index < -0.39 is 20.0 Å². The third-order valence-corrected chi connectivity index (χ3v) is 10.2. The molecule has 0 bridgehead atoms. The summed E-state index contributed by atoms with van der Waals surface area (Å²) in [6.07, 6.45) is 2.01. The van der Waals surface area contributed by atoms with Crippen molar-refractivity contribution in [3.63, 3.8) is 0 Å². The Morgan fingerprint density at radius 3 is 2.38 bits per heavy atom. The Balaban J connectivity index is 1.48. The summed E-state index contributed by atoms with van der Waals surface area (Å²) in [5.41, 5.74) is 2.45. The molecule has 9 nitrogen and oxygen atoms in total. The summed E-state index contributed by atoms with van der Waals surface area (Å²) >= 11 is 6.48. The predicted octanol–water partition coefficient (Wildman–Crippen LogP) is 5.58. The van der Waals surface area contributed by atoms with Gasteiger partial charge in [0.15, 0.2) is 5.78 Å². The van der Waals surface area contributed by atoms with E-state index in [0.29, 0.717) is 62.0 Å². The van der Waals surface area contributed by atoms with Gasteiger partial charge in [0, 0.05) is 35.7 Å². The largest absolute Gasteiger partial charge is 0.506 e. The Hall–Kier alpha value is -2.87. The van der Waals surface area contributed by atoms with Crippen LogP contribution in [0, 0.1) is 0 Å². The molecule has 0 saturated heterocycles. The second-order valence-corrected chi connectivity index (χ2v) is 14.4. The number of phenolic OH excluding ortho intramolecular Hbond substituents is 1. The first-order chi connectivity index (χ1) is 18.3. The lowest BCUT2D eigenvalue weighted by molar-refractivity contribution is 0.103. The normalized spacial score (nSPS) is 13.6. The van der Waals surface area contributed by atoms with Crippen molar-refractivity contribution in [2.45, 2.75) is 24.7 Å². The van der Waals surface area contributed by atoms with Crippen LogP contribution in [-0.2, 0) is 32.9 Å². The highest BCUT2D eigenvalue weighted by molar-refractivity contribution is 9.11. The average molecular weight is 698 g/mol. The van der Waals surface area contributed by atoms with Gasteiger partial charge in [-0.1, -0.05) is 6.92 Å². The van der Waals surface area contributed by atoms with Crippen molar-refractivity contribution in [2.75, 3.05) is 21.8 Å². The zero-order valence-electron chi connectivity index (χ0n) is 20.7. The molecule has 0 atom stereocenters. The van der Waals surface area contributed by atoms with Gasteiger partial charge in [0.1, 0.15) is 17.1 Å². The van der Waals surface area contributed by atoms with Crippen molar-refractivity contribution in [3.05, 3.63) is 79.9 Å². The van der Waals surface area contributed by atoms with E-state index in [1.165, 1.54) is 40.7 Å². The van der Waals surface area contributed by atoms with Crippen molar-refractivity contribution in [3.8, 4) is 5.75 Å². The van der Waals surface area contributed by atoms with Crippen molar-refractivity contribution < 1.29 is 31.2 Å². The van der Waals surface area contributed by atoms with Crippen LogP contribution >= 0.6 is 31.9 Å². The van der Waals surface area contributed by atoms with Crippen molar-refractivity contribution in [1.29, 1.82) is 0 Å². The number of rotatable bonds is 7. The second kappa shape index (κ2) is 9.95. The number of aryl methyl sites for hydroxylation is 1. The van der Waals surface area contributed by atoms with Gasteiger partial charge >= 0.3 is 0 Å². The number of hydrogen-bond acceptors (Lipinski definition) is 7. The Morgan fingerprint density at radius 1 is 1.05 bits per heavy atom. The number of hydrogen-bond donors (Lipinski definition) is 2. The number of phenols is 1. The monoisotopic (exact) mass is 696 g/mol. The van der Waals surface area contributed by atoms with Crippen LogP contribution in [-0.4, -0.2) is 40.5 Å². The molecule has 4 aromatic rings. The summed E-state index contributed by atoms with van der Waals surface area (Å²) < 4.78 is 60.9. The number of fused-ring (bicyclic) bond motifs is 2. The fourth-order valence-corrected chi connectivity index (χ4v) is 7.84. The van der Waals surface area contributed by atoms with Gasteiger partial charge in [-0.25, -0.2) is 16.8 Å². The maximum Gasteiger partial charge on any atom is 0.262 e. The lowest BCUT2D eigenvalue weighted by atomic mass is 9.99. The van der Waals surface area contributed by atoms with E-state index in [2.05, 4.69) is 36.6 Å². The van der Waals surface area contributed by atoms with E-state index in [4.69, 9.17) is 4.42 Å². The lowest BCUT2D eigenvalue weighted by Gasteiger charge is -2.16. The fraction of sp³-hybridized carbons (Fsp3) is 0.192. The molecule has 0 saturated carbocycles. The number of carbonyl (C=O) groups excluding carboxylic acids is 1. The predicted molar refractivity (Wildman–Crippen MR) is 156 cm³/mol.